The number of methoxy groups -OCH3 is 2. The Labute approximate surface area is 166 Å². The molecule has 2 aromatic rings. The molecule has 152 valence electrons. The number of ether oxygens (including phenoxy) is 4. The molecule has 0 spiro atoms. The summed E-state index contributed by atoms with van der Waals surface area (Å²) in [4.78, 5) is 0. The van der Waals surface area contributed by atoms with E-state index < -0.39 is 0 Å². The van der Waals surface area contributed by atoms with Crippen molar-refractivity contribution in [2.24, 2.45) is 0 Å². The molecule has 2 atom stereocenters. The summed E-state index contributed by atoms with van der Waals surface area (Å²) < 4.78 is 22.0. The maximum atomic E-state index is 13.2. The lowest BCUT2D eigenvalue weighted by Gasteiger charge is -2.47. The molecule has 1 aliphatic rings. The van der Waals surface area contributed by atoms with Crippen molar-refractivity contribution in [1.29, 1.82) is 0 Å². The van der Waals surface area contributed by atoms with Crippen LogP contribution in [0, 0.1) is 12.1 Å². The van der Waals surface area contributed by atoms with Crippen molar-refractivity contribution < 1.29 is 23.6 Å². The van der Waals surface area contributed by atoms with E-state index in [0.29, 0.717) is 50.8 Å². The number of rotatable bonds is 8. The van der Waals surface area contributed by atoms with Crippen LogP contribution in [0.5, 0.6) is 17.2 Å². The first kappa shape index (κ1) is 20.5. The molecule has 0 radical (unpaired) electrons. The first-order chi connectivity index (χ1) is 13.5. The summed E-state index contributed by atoms with van der Waals surface area (Å²) in [7, 11) is 3.23. The Morgan fingerprint density at radius 1 is 1.11 bits per heavy atom. The quantitative estimate of drug-likeness (QED) is 0.514. The molecular formula is C22H29NO5. The molecule has 6 heteroatoms. The topological polar surface area (TPSA) is 60.0 Å². The second kappa shape index (κ2) is 9.28. The van der Waals surface area contributed by atoms with Crippen LogP contribution in [0.1, 0.15) is 11.1 Å². The molecule has 3 rings (SSSR count). The predicted molar refractivity (Wildman–Crippen MR) is 108 cm³/mol. The van der Waals surface area contributed by atoms with Gasteiger partial charge in [-0.2, -0.15) is 0 Å². The third-order valence-corrected chi connectivity index (χ3v) is 5.07. The second-order valence-electron chi connectivity index (χ2n) is 7.25. The summed E-state index contributed by atoms with van der Waals surface area (Å²) >= 11 is 0. The minimum atomic E-state index is -0.268. The first-order valence-electron chi connectivity index (χ1n) is 9.60. The van der Waals surface area contributed by atoms with Gasteiger partial charge in [0, 0.05) is 6.42 Å². The molecular weight excluding hydrogens is 358 g/mol. The number of aryl methyl sites for hydroxylation is 1. The number of morpholine rings is 1. The Morgan fingerprint density at radius 2 is 1.93 bits per heavy atom. The summed E-state index contributed by atoms with van der Waals surface area (Å²) in [5.74, 6) is 2.18. The van der Waals surface area contributed by atoms with Crippen molar-refractivity contribution in [2.75, 3.05) is 47.1 Å². The highest BCUT2D eigenvalue weighted by molar-refractivity contribution is 5.42. The van der Waals surface area contributed by atoms with Gasteiger partial charge in [-0.25, -0.2) is 0 Å². The lowest BCUT2D eigenvalue weighted by molar-refractivity contribution is -0.892. The predicted octanol–water partition coefficient (Wildman–Crippen LogP) is 3.35. The van der Waals surface area contributed by atoms with Gasteiger partial charge in [-0.1, -0.05) is 18.2 Å². The number of hydroxylamine groups is 3. The summed E-state index contributed by atoms with van der Waals surface area (Å²) in [6.45, 7) is 4.24. The van der Waals surface area contributed by atoms with Crippen LogP contribution < -0.4 is 14.2 Å². The fourth-order valence-electron chi connectivity index (χ4n) is 3.47. The Balaban J connectivity index is 1.55. The largest absolute Gasteiger partial charge is 0.633 e. The van der Waals surface area contributed by atoms with Crippen LogP contribution in [0.3, 0.4) is 0 Å². The monoisotopic (exact) mass is 387 g/mol. The Kier molecular flexibility index (Phi) is 6.78. The average molecular weight is 387 g/mol. The fraction of sp³-hybridized carbons (Fsp3) is 0.455. The van der Waals surface area contributed by atoms with E-state index in [1.165, 1.54) is 0 Å². The van der Waals surface area contributed by atoms with Crippen molar-refractivity contribution in [3.63, 3.8) is 0 Å². The van der Waals surface area contributed by atoms with E-state index in [1.54, 1.807) is 14.2 Å². The van der Waals surface area contributed by atoms with Gasteiger partial charge in [-0.15, -0.1) is 0 Å². The lowest BCUT2D eigenvalue weighted by atomic mass is 10.1. The van der Waals surface area contributed by atoms with E-state index in [4.69, 9.17) is 18.9 Å². The van der Waals surface area contributed by atoms with Gasteiger partial charge in [0.1, 0.15) is 31.5 Å². The molecule has 1 fully saturated rings. The molecule has 28 heavy (non-hydrogen) atoms. The number of hydrogen-bond acceptors (Lipinski definition) is 5. The van der Waals surface area contributed by atoms with Crippen molar-refractivity contribution in [3.8, 4) is 17.2 Å². The molecule has 0 amide bonds. The molecule has 0 N–H and O–H groups in total. The number of hydrogen-bond donors (Lipinski definition) is 0. The van der Waals surface area contributed by atoms with E-state index in [1.807, 2.05) is 49.4 Å². The summed E-state index contributed by atoms with van der Waals surface area (Å²) in [5.41, 5.74) is 2.20. The third kappa shape index (κ3) is 5.38. The first-order valence-corrected chi connectivity index (χ1v) is 9.60. The molecule has 0 bridgehead atoms. The van der Waals surface area contributed by atoms with Gasteiger partial charge < -0.3 is 28.8 Å². The lowest BCUT2D eigenvalue weighted by Crippen LogP contribution is -2.56. The number of nitrogens with zero attached hydrogens (tertiary/aromatic N) is 1. The Morgan fingerprint density at radius 3 is 2.68 bits per heavy atom. The van der Waals surface area contributed by atoms with Gasteiger partial charge >= 0.3 is 0 Å². The summed E-state index contributed by atoms with van der Waals surface area (Å²) in [6, 6.07) is 13.7. The van der Waals surface area contributed by atoms with Crippen molar-refractivity contribution in [3.05, 3.63) is 58.8 Å². The molecule has 0 aromatic heterocycles. The summed E-state index contributed by atoms with van der Waals surface area (Å²) in [5, 5.41) is 13.2. The minimum Gasteiger partial charge on any atom is -0.633 e. The second-order valence-corrected chi connectivity index (χ2v) is 7.25. The van der Waals surface area contributed by atoms with Crippen LogP contribution in [-0.2, 0) is 11.2 Å². The van der Waals surface area contributed by atoms with Crippen molar-refractivity contribution in [1.82, 2.24) is 0 Å². The molecule has 2 aromatic carbocycles. The zero-order chi connectivity index (χ0) is 20.0. The van der Waals surface area contributed by atoms with E-state index >= 15 is 0 Å². The zero-order valence-electron chi connectivity index (χ0n) is 16.8. The number of quaternary nitrogens is 1. The van der Waals surface area contributed by atoms with Crippen molar-refractivity contribution >= 4 is 0 Å². The van der Waals surface area contributed by atoms with E-state index in [9.17, 15) is 5.21 Å². The molecule has 0 unspecified atom stereocenters. The fourth-order valence-corrected chi connectivity index (χ4v) is 3.47. The van der Waals surface area contributed by atoms with Crippen LogP contribution in [0.4, 0.5) is 0 Å². The maximum Gasteiger partial charge on any atom is 0.160 e. The van der Waals surface area contributed by atoms with Gasteiger partial charge in [0.2, 0.25) is 0 Å². The van der Waals surface area contributed by atoms with Crippen LogP contribution >= 0.6 is 0 Å². The smallest absolute Gasteiger partial charge is 0.160 e. The normalized spacial score (nSPS) is 21.9. The highest BCUT2D eigenvalue weighted by Crippen LogP contribution is 2.28. The van der Waals surface area contributed by atoms with Gasteiger partial charge in [0.25, 0.3) is 0 Å². The van der Waals surface area contributed by atoms with Crippen LogP contribution in [0.2, 0.25) is 0 Å². The van der Waals surface area contributed by atoms with Crippen LogP contribution in [0.25, 0.3) is 0 Å². The third-order valence-electron chi connectivity index (χ3n) is 5.07. The average Bonchev–Trinajstić information content (AvgIpc) is 2.71. The number of benzene rings is 2. The van der Waals surface area contributed by atoms with E-state index in [-0.39, 0.29) is 10.8 Å². The molecule has 0 saturated carbocycles. The SMILES string of the molecule is COc1ccc(CC[N@+]2([O-])CCO[C@@H](COc3cccc(C)c3)C2)cc1OC. The Hall–Kier alpha value is -2.28. The van der Waals surface area contributed by atoms with Crippen molar-refractivity contribution in [2.45, 2.75) is 19.4 Å². The highest BCUT2D eigenvalue weighted by Gasteiger charge is 2.29. The van der Waals surface area contributed by atoms with Gasteiger partial charge in [0.15, 0.2) is 11.5 Å². The molecule has 1 saturated heterocycles. The Bertz CT molecular complexity index is 781. The van der Waals surface area contributed by atoms with Crippen LogP contribution in [-0.4, -0.2) is 57.8 Å². The maximum absolute atomic E-state index is 13.2. The standard InChI is InChI=1S/C22H29NO5/c1-17-5-4-6-19(13-17)28-16-20-15-23(24,11-12-27-20)10-9-18-7-8-21(25-2)22(14-18)26-3/h4-8,13-14,20H,9-12,15-16H2,1-3H3/t20-,23+/m1/s1. The highest BCUT2D eigenvalue weighted by atomic mass is 16.6. The molecule has 1 heterocycles. The van der Waals surface area contributed by atoms with E-state index in [2.05, 4.69) is 0 Å². The minimum absolute atomic E-state index is 0.197. The van der Waals surface area contributed by atoms with Gasteiger partial charge in [0.05, 0.1) is 27.4 Å². The van der Waals surface area contributed by atoms with E-state index in [0.717, 1.165) is 16.9 Å². The van der Waals surface area contributed by atoms with Gasteiger partial charge in [-0.3, -0.25) is 0 Å². The van der Waals surface area contributed by atoms with Crippen LogP contribution in [0.15, 0.2) is 42.5 Å². The molecule has 0 aliphatic carbocycles. The zero-order valence-corrected chi connectivity index (χ0v) is 16.8. The molecule has 1 aliphatic heterocycles. The van der Waals surface area contributed by atoms with Gasteiger partial charge in [-0.05, 0) is 42.3 Å². The summed E-state index contributed by atoms with van der Waals surface area (Å²) in [6.07, 6.45) is 0.479. The molecule has 6 nitrogen and oxygen atoms in total.